The van der Waals surface area contributed by atoms with Crippen LogP contribution in [0.3, 0.4) is 0 Å². The van der Waals surface area contributed by atoms with E-state index in [9.17, 15) is 0 Å². The van der Waals surface area contributed by atoms with Gasteiger partial charge in [0.1, 0.15) is 5.82 Å². The van der Waals surface area contributed by atoms with Crippen LogP contribution >= 0.6 is 12.4 Å². The molecule has 0 bridgehead atoms. The normalized spacial score (nSPS) is 15.0. The Labute approximate surface area is 186 Å². The van der Waals surface area contributed by atoms with Gasteiger partial charge in [-0.15, -0.1) is 12.4 Å². The van der Waals surface area contributed by atoms with Gasteiger partial charge in [0.2, 0.25) is 0 Å². The van der Waals surface area contributed by atoms with Crippen LogP contribution < -0.4 is 0 Å². The van der Waals surface area contributed by atoms with Gasteiger partial charge in [0.05, 0.1) is 5.69 Å². The van der Waals surface area contributed by atoms with Crippen molar-refractivity contribution in [3.05, 3.63) is 77.7 Å². The minimum atomic E-state index is 0. The van der Waals surface area contributed by atoms with Crippen molar-refractivity contribution in [2.45, 2.75) is 52.0 Å². The second-order valence-corrected chi connectivity index (χ2v) is 9.27. The average molecular weight is 425 g/mol. The van der Waals surface area contributed by atoms with Gasteiger partial charge in [-0.3, -0.25) is 0 Å². The molecular formula is C26H33ClN2O. The van der Waals surface area contributed by atoms with E-state index in [2.05, 4.69) is 86.1 Å². The van der Waals surface area contributed by atoms with Crippen LogP contribution in [0.4, 0.5) is 0 Å². The molecule has 2 aromatic carbocycles. The number of benzene rings is 2. The lowest BCUT2D eigenvalue weighted by molar-refractivity contribution is 0.0608. The molecule has 0 atom stereocenters. The van der Waals surface area contributed by atoms with Gasteiger partial charge in [-0.05, 0) is 42.4 Å². The van der Waals surface area contributed by atoms with Gasteiger partial charge in [0.15, 0.2) is 0 Å². The van der Waals surface area contributed by atoms with Crippen LogP contribution in [0.15, 0.2) is 60.8 Å². The minimum absolute atomic E-state index is 0. The van der Waals surface area contributed by atoms with Crippen molar-refractivity contribution in [3.8, 4) is 11.3 Å². The van der Waals surface area contributed by atoms with Crippen molar-refractivity contribution in [1.29, 1.82) is 0 Å². The summed E-state index contributed by atoms with van der Waals surface area (Å²) in [6, 6.07) is 19.5. The van der Waals surface area contributed by atoms with E-state index in [0.29, 0.717) is 5.92 Å². The van der Waals surface area contributed by atoms with Crippen LogP contribution in [0.25, 0.3) is 11.3 Å². The number of nitrogens with zero attached hydrogens (tertiary/aromatic N) is 2. The van der Waals surface area contributed by atoms with Crippen molar-refractivity contribution in [2.24, 2.45) is 5.92 Å². The molecule has 3 aromatic rings. The highest BCUT2D eigenvalue weighted by Crippen LogP contribution is 2.29. The lowest BCUT2D eigenvalue weighted by Crippen LogP contribution is -2.24. The maximum atomic E-state index is 5.55. The van der Waals surface area contributed by atoms with Gasteiger partial charge < -0.3 is 9.30 Å². The zero-order valence-corrected chi connectivity index (χ0v) is 19.1. The molecule has 1 aliphatic heterocycles. The van der Waals surface area contributed by atoms with E-state index in [4.69, 9.17) is 9.72 Å². The predicted octanol–water partition coefficient (Wildman–Crippen LogP) is 6.29. The highest BCUT2D eigenvalue weighted by molar-refractivity contribution is 5.85. The number of ether oxygens (including phenoxy) is 1. The molecule has 1 saturated heterocycles. The lowest BCUT2D eigenvalue weighted by Gasteiger charge is -2.25. The molecule has 0 radical (unpaired) electrons. The second kappa shape index (κ2) is 9.80. The lowest BCUT2D eigenvalue weighted by atomic mass is 9.94. The number of hydrogen-bond donors (Lipinski definition) is 0. The van der Waals surface area contributed by atoms with Gasteiger partial charge >= 0.3 is 0 Å². The first-order valence-corrected chi connectivity index (χ1v) is 10.8. The Morgan fingerprint density at radius 2 is 1.67 bits per heavy atom. The Hall–Kier alpha value is -2.10. The molecule has 0 amide bonds. The smallest absolute Gasteiger partial charge is 0.114 e. The van der Waals surface area contributed by atoms with Crippen LogP contribution in [-0.4, -0.2) is 22.8 Å². The molecule has 0 unspecified atom stereocenters. The summed E-state index contributed by atoms with van der Waals surface area (Å²) in [6.45, 7) is 9.58. The zero-order chi connectivity index (χ0) is 20.3. The summed E-state index contributed by atoms with van der Waals surface area (Å²) >= 11 is 0. The van der Waals surface area contributed by atoms with E-state index >= 15 is 0 Å². The van der Waals surface area contributed by atoms with Crippen molar-refractivity contribution in [2.75, 3.05) is 13.2 Å². The van der Waals surface area contributed by atoms with E-state index in [1.807, 2.05) is 0 Å². The maximum Gasteiger partial charge on any atom is 0.114 e. The third-order valence-corrected chi connectivity index (χ3v) is 5.72. The quantitative estimate of drug-likeness (QED) is 0.481. The monoisotopic (exact) mass is 424 g/mol. The molecule has 30 heavy (non-hydrogen) atoms. The van der Waals surface area contributed by atoms with Gasteiger partial charge in [0, 0.05) is 36.9 Å². The molecular weight excluding hydrogens is 392 g/mol. The van der Waals surface area contributed by atoms with Crippen LogP contribution in [0.1, 0.15) is 50.6 Å². The fraction of sp³-hybridized carbons (Fsp3) is 0.423. The van der Waals surface area contributed by atoms with Gasteiger partial charge in [-0.25, -0.2) is 4.98 Å². The number of imidazole rings is 1. The van der Waals surface area contributed by atoms with Gasteiger partial charge in [0.25, 0.3) is 0 Å². The first-order chi connectivity index (χ1) is 14.0. The maximum absolute atomic E-state index is 5.55. The number of aromatic nitrogens is 2. The van der Waals surface area contributed by atoms with Crippen molar-refractivity contribution < 1.29 is 4.74 Å². The summed E-state index contributed by atoms with van der Waals surface area (Å²) in [4.78, 5) is 5.10. The Bertz CT molecular complexity index is 937. The van der Waals surface area contributed by atoms with Crippen LogP contribution in [0.5, 0.6) is 0 Å². The minimum Gasteiger partial charge on any atom is -0.381 e. The summed E-state index contributed by atoms with van der Waals surface area (Å²) in [6.07, 6.45) is 5.49. The van der Waals surface area contributed by atoms with Crippen LogP contribution in [-0.2, 0) is 23.1 Å². The molecule has 1 aliphatic rings. The van der Waals surface area contributed by atoms with Crippen LogP contribution in [0, 0.1) is 5.92 Å². The summed E-state index contributed by atoms with van der Waals surface area (Å²) in [5.41, 5.74) is 4.96. The van der Waals surface area contributed by atoms with E-state index in [-0.39, 0.29) is 17.8 Å². The standard InChI is InChI=1S/C26H32N2O.ClH/c1-26(2,3)25-27-24(19-28(25)18-21-12-14-29-15-13-21)23-11-7-10-22(17-23)16-20-8-5-4-6-9-20;/h4-11,17,19,21H,12-16,18H2,1-3H3;1H. The molecule has 0 N–H and O–H groups in total. The van der Waals surface area contributed by atoms with Crippen molar-refractivity contribution in [3.63, 3.8) is 0 Å². The zero-order valence-electron chi connectivity index (χ0n) is 18.3. The van der Waals surface area contributed by atoms with E-state index in [1.54, 1.807) is 0 Å². The van der Waals surface area contributed by atoms with E-state index < -0.39 is 0 Å². The first-order valence-electron chi connectivity index (χ1n) is 10.8. The van der Waals surface area contributed by atoms with Crippen molar-refractivity contribution >= 4 is 12.4 Å². The highest BCUT2D eigenvalue weighted by atomic mass is 35.5. The molecule has 0 aliphatic carbocycles. The Morgan fingerprint density at radius 1 is 0.967 bits per heavy atom. The van der Waals surface area contributed by atoms with E-state index in [0.717, 1.165) is 44.7 Å². The number of hydrogen-bond acceptors (Lipinski definition) is 2. The topological polar surface area (TPSA) is 27.1 Å². The number of rotatable bonds is 5. The molecule has 4 heteroatoms. The summed E-state index contributed by atoms with van der Waals surface area (Å²) < 4.78 is 7.94. The molecule has 2 heterocycles. The Morgan fingerprint density at radius 3 is 2.37 bits per heavy atom. The second-order valence-electron chi connectivity index (χ2n) is 9.27. The molecule has 1 fully saturated rings. The van der Waals surface area contributed by atoms with Crippen molar-refractivity contribution in [1.82, 2.24) is 9.55 Å². The molecule has 1 aromatic heterocycles. The molecule has 0 spiro atoms. The summed E-state index contributed by atoms with van der Waals surface area (Å²) in [5.74, 6) is 1.85. The average Bonchev–Trinajstić information content (AvgIpc) is 3.14. The molecule has 3 nitrogen and oxygen atoms in total. The third-order valence-electron chi connectivity index (χ3n) is 5.72. The first kappa shape index (κ1) is 22.6. The summed E-state index contributed by atoms with van der Waals surface area (Å²) in [5, 5.41) is 0. The van der Waals surface area contributed by atoms with Crippen LogP contribution in [0.2, 0.25) is 0 Å². The fourth-order valence-electron chi connectivity index (χ4n) is 4.17. The molecule has 160 valence electrons. The molecule has 0 saturated carbocycles. The Kier molecular flexibility index (Phi) is 7.38. The number of halogens is 1. The molecule has 4 rings (SSSR count). The van der Waals surface area contributed by atoms with Gasteiger partial charge in [-0.1, -0.05) is 69.3 Å². The highest BCUT2D eigenvalue weighted by Gasteiger charge is 2.24. The summed E-state index contributed by atoms with van der Waals surface area (Å²) in [7, 11) is 0. The third kappa shape index (κ3) is 5.53. The van der Waals surface area contributed by atoms with Gasteiger partial charge in [-0.2, -0.15) is 0 Å². The fourth-order valence-corrected chi connectivity index (χ4v) is 4.17. The van der Waals surface area contributed by atoms with E-state index in [1.165, 1.54) is 22.5 Å². The largest absolute Gasteiger partial charge is 0.381 e. The predicted molar refractivity (Wildman–Crippen MR) is 126 cm³/mol. The SMILES string of the molecule is CC(C)(C)c1nc(-c2cccc(Cc3ccccc3)c2)cn1CC1CCOCC1.Cl. The Balaban J connectivity index is 0.00000256.